The maximum Gasteiger partial charge on any atom is 0.300 e. The number of ether oxygens (including phenoxy) is 3. The first-order valence-electron chi connectivity index (χ1n) is 13.7. The number of rotatable bonds is 11. The topological polar surface area (TPSA) is 82.1 Å². The minimum Gasteiger partial charge on any atom is -0.493 e. The Balaban J connectivity index is 0. The van der Waals surface area contributed by atoms with Gasteiger partial charge in [-0.1, -0.05) is 53.7 Å². The molecule has 0 radical (unpaired) electrons. The summed E-state index contributed by atoms with van der Waals surface area (Å²) in [5, 5.41) is 7.42. The molecule has 1 atom stereocenters. The molecule has 6 heteroatoms. The van der Waals surface area contributed by atoms with Crippen molar-refractivity contribution in [2.24, 2.45) is 5.92 Å². The summed E-state index contributed by atoms with van der Waals surface area (Å²) in [5.74, 6) is 2.05. The molecule has 0 aliphatic heterocycles. The van der Waals surface area contributed by atoms with Crippen molar-refractivity contribution >= 4 is 12.3 Å². The van der Waals surface area contributed by atoms with Crippen LogP contribution in [0.2, 0.25) is 0 Å². The summed E-state index contributed by atoms with van der Waals surface area (Å²) in [5.41, 5.74) is 2.38. The van der Waals surface area contributed by atoms with E-state index >= 15 is 0 Å². The fourth-order valence-corrected chi connectivity index (χ4v) is 2.68. The molecule has 0 saturated heterocycles. The standard InChI is InChI=1S/C24H34O3.C4H8O.C2H4O2.C2H6/c1-7-20-9-14-23(18(3)17-20)26-19(4)15-16-25-21-10-12-22(13-11-21)27-24(5,6)8-2;1-4(2)3-5;1-2(3)4;1-2/h9-14,17,19H,7-8,15-16H2,1-6H3;3-4H,1-2H3;1H3,(H,3,4);1-2H3. The Morgan fingerprint density at radius 1 is 1.00 bits per heavy atom. The smallest absolute Gasteiger partial charge is 0.300 e. The maximum absolute atomic E-state index is 9.50. The second kappa shape index (κ2) is 21.0. The van der Waals surface area contributed by atoms with Gasteiger partial charge in [0.2, 0.25) is 0 Å². The van der Waals surface area contributed by atoms with Crippen LogP contribution in [0.5, 0.6) is 17.2 Å². The Bertz CT molecular complexity index is 883. The van der Waals surface area contributed by atoms with Crippen LogP contribution >= 0.6 is 0 Å². The predicted octanol–water partition coefficient (Wildman–Crippen LogP) is 8.32. The fraction of sp³-hybridized carbons (Fsp3) is 0.562. The van der Waals surface area contributed by atoms with E-state index in [1.54, 1.807) is 0 Å². The van der Waals surface area contributed by atoms with Crippen LogP contribution in [0.15, 0.2) is 42.5 Å². The first-order valence-corrected chi connectivity index (χ1v) is 13.7. The molecule has 38 heavy (non-hydrogen) atoms. The van der Waals surface area contributed by atoms with Crippen LogP contribution in [0, 0.1) is 12.8 Å². The maximum atomic E-state index is 9.50. The summed E-state index contributed by atoms with van der Waals surface area (Å²) in [7, 11) is 0. The van der Waals surface area contributed by atoms with Gasteiger partial charge in [0, 0.05) is 19.3 Å². The molecular formula is C32H52O6. The second-order valence-electron chi connectivity index (χ2n) is 9.60. The highest BCUT2D eigenvalue weighted by atomic mass is 16.5. The van der Waals surface area contributed by atoms with Gasteiger partial charge in [-0.2, -0.15) is 0 Å². The number of aldehydes is 1. The molecule has 0 heterocycles. The number of carboxylic acids is 1. The summed E-state index contributed by atoms with van der Waals surface area (Å²) in [4.78, 5) is 18.5. The van der Waals surface area contributed by atoms with Crippen molar-refractivity contribution < 1.29 is 28.9 Å². The van der Waals surface area contributed by atoms with Crippen molar-refractivity contribution in [3.63, 3.8) is 0 Å². The number of hydrogen-bond donors (Lipinski definition) is 1. The van der Waals surface area contributed by atoms with Gasteiger partial charge in [0.1, 0.15) is 29.1 Å². The molecule has 0 fully saturated rings. The monoisotopic (exact) mass is 532 g/mol. The SMILES string of the molecule is CC.CC(=O)O.CC(C)C=O.CCc1ccc(OC(C)CCOc2ccc(OC(C)(C)CC)cc2)c(C)c1. The van der Waals surface area contributed by atoms with Gasteiger partial charge in [0.25, 0.3) is 5.97 Å². The fourth-order valence-electron chi connectivity index (χ4n) is 2.68. The number of hydrogen-bond acceptors (Lipinski definition) is 5. The van der Waals surface area contributed by atoms with Gasteiger partial charge in [-0.15, -0.1) is 0 Å². The van der Waals surface area contributed by atoms with Crippen LogP contribution in [0.25, 0.3) is 0 Å². The molecule has 0 spiro atoms. The minimum atomic E-state index is -0.833. The molecule has 0 amide bonds. The quantitative estimate of drug-likeness (QED) is 0.293. The lowest BCUT2D eigenvalue weighted by molar-refractivity contribution is -0.134. The Kier molecular flexibility index (Phi) is 20.5. The normalized spacial score (nSPS) is 10.8. The summed E-state index contributed by atoms with van der Waals surface area (Å²) in [6.07, 6.45) is 3.86. The van der Waals surface area contributed by atoms with Crippen LogP contribution in [0.4, 0.5) is 0 Å². The van der Waals surface area contributed by atoms with Crippen molar-refractivity contribution in [1.82, 2.24) is 0 Å². The van der Waals surface area contributed by atoms with Crippen LogP contribution in [-0.2, 0) is 16.0 Å². The highest BCUT2D eigenvalue weighted by molar-refractivity contribution is 5.63. The zero-order chi connectivity index (χ0) is 29.7. The van der Waals surface area contributed by atoms with Gasteiger partial charge in [-0.05, 0) is 82.0 Å². The number of carbonyl (C=O) groups is 2. The van der Waals surface area contributed by atoms with Crippen LogP contribution in [-0.4, -0.2) is 35.7 Å². The zero-order valence-corrected chi connectivity index (χ0v) is 25.6. The zero-order valence-electron chi connectivity index (χ0n) is 25.6. The van der Waals surface area contributed by atoms with Crippen molar-refractivity contribution in [1.29, 1.82) is 0 Å². The number of carbonyl (C=O) groups excluding carboxylic acids is 1. The third-order valence-electron chi connectivity index (χ3n) is 5.11. The minimum absolute atomic E-state index is 0.101. The lowest BCUT2D eigenvalue weighted by atomic mass is 10.1. The third-order valence-corrected chi connectivity index (χ3v) is 5.11. The molecule has 2 aromatic carbocycles. The van der Waals surface area contributed by atoms with E-state index in [2.05, 4.69) is 59.7 Å². The Labute approximate surface area is 231 Å². The van der Waals surface area contributed by atoms with Gasteiger partial charge in [-0.25, -0.2) is 0 Å². The van der Waals surface area contributed by atoms with E-state index in [0.717, 1.165) is 49.7 Å². The largest absolute Gasteiger partial charge is 0.493 e. The van der Waals surface area contributed by atoms with E-state index in [1.807, 2.05) is 52.0 Å². The van der Waals surface area contributed by atoms with E-state index in [9.17, 15) is 4.79 Å². The Morgan fingerprint density at radius 2 is 1.50 bits per heavy atom. The molecule has 0 saturated carbocycles. The summed E-state index contributed by atoms with van der Waals surface area (Å²) in [6, 6.07) is 14.2. The summed E-state index contributed by atoms with van der Waals surface area (Å²) >= 11 is 0. The molecule has 1 unspecified atom stereocenters. The average molecular weight is 533 g/mol. The number of benzene rings is 2. The van der Waals surface area contributed by atoms with E-state index in [1.165, 1.54) is 11.1 Å². The molecule has 0 aromatic heterocycles. The highest BCUT2D eigenvalue weighted by Gasteiger charge is 2.16. The third kappa shape index (κ3) is 19.1. The van der Waals surface area contributed by atoms with E-state index in [-0.39, 0.29) is 17.6 Å². The molecule has 0 bridgehead atoms. The van der Waals surface area contributed by atoms with Crippen LogP contribution in [0.1, 0.15) is 93.2 Å². The van der Waals surface area contributed by atoms with Crippen molar-refractivity contribution in [3.05, 3.63) is 53.6 Å². The number of aryl methyl sites for hydroxylation is 2. The Hall–Kier alpha value is -3.02. The van der Waals surface area contributed by atoms with E-state index < -0.39 is 5.97 Å². The van der Waals surface area contributed by atoms with E-state index in [0.29, 0.717) is 6.61 Å². The molecule has 2 rings (SSSR count). The van der Waals surface area contributed by atoms with Crippen LogP contribution in [0.3, 0.4) is 0 Å². The molecule has 0 aliphatic rings. The van der Waals surface area contributed by atoms with Gasteiger partial charge in [0.05, 0.1) is 12.7 Å². The second-order valence-corrected chi connectivity index (χ2v) is 9.60. The number of aliphatic carboxylic acids is 1. The lowest BCUT2D eigenvalue weighted by Crippen LogP contribution is -2.26. The molecule has 1 N–H and O–H groups in total. The molecule has 216 valence electrons. The molecule has 0 aliphatic carbocycles. The van der Waals surface area contributed by atoms with Crippen molar-refractivity contribution in [2.45, 2.75) is 107 Å². The molecule has 6 nitrogen and oxygen atoms in total. The summed E-state index contributed by atoms with van der Waals surface area (Å²) < 4.78 is 17.9. The molecule has 2 aromatic rings. The van der Waals surface area contributed by atoms with E-state index in [4.69, 9.17) is 24.1 Å². The van der Waals surface area contributed by atoms with Gasteiger partial charge >= 0.3 is 0 Å². The highest BCUT2D eigenvalue weighted by Crippen LogP contribution is 2.24. The Morgan fingerprint density at radius 3 is 1.92 bits per heavy atom. The van der Waals surface area contributed by atoms with Crippen molar-refractivity contribution in [3.8, 4) is 17.2 Å². The van der Waals surface area contributed by atoms with Gasteiger partial charge < -0.3 is 24.1 Å². The van der Waals surface area contributed by atoms with Crippen molar-refractivity contribution in [2.75, 3.05) is 6.61 Å². The van der Waals surface area contributed by atoms with Gasteiger partial charge in [0.15, 0.2) is 0 Å². The average Bonchev–Trinajstić information content (AvgIpc) is 2.87. The lowest BCUT2D eigenvalue weighted by Gasteiger charge is -2.24. The first kappa shape index (κ1) is 37.1. The first-order chi connectivity index (χ1) is 17.8. The molecular weight excluding hydrogens is 480 g/mol. The predicted molar refractivity (Wildman–Crippen MR) is 158 cm³/mol. The van der Waals surface area contributed by atoms with Gasteiger partial charge in [-0.3, -0.25) is 4.79 Å². The summed E-state index contributed by atoms with van der Waals surface area (Å²) in [6.45, 7) is 22.1. The number of carboxylic acid groups (broad SMARTS) is 1. The van der Waals surface area contributed by atoms with Crippen LogP contribution < -0.4 is 14.2 Å².